The van der Waals surface area contributed by atoms with Crippen LogP contribution in [0.15, 0.2) is 36.7 Å². The van der Waals surface area contributed by atoms with Crippen molar-refractivity contribution >= 4 is 5.69 Å². The van der Waals surface area contributed by atoms with Crippen LogP contribution in [-0.2, 0) is 0 Å². The van der Waals surface area contributed by atoms with E-state index in [4.69, 9.17) is 4.74 Å². The molecule has 0 unspecified atom stereocenters. The normalized spacial score (nSPS) is 10.3. The Kier molecular flexibility index (Phi) is 4.30. The molecule has 1 aromatic carbocycles. The summed E-state index contributed by atoms with van der Waals surface area (Å²) < 4.78 is 5.51. The van der Waals surface area contributed by atoms with Gasteiger partial charge in [-0.15, -0.1) is 0 Å². The molecule has 104 valence electrons. The van der Waals surface area contributed by atoms with Crippen molar-refractivity contribution in [1.82, 2.24) is 4.98 Å². The molecule has 0 fully saturated rings. The Morgan fingerprint density at radius 3 is 2.60 bits per heavy atom. The molecule has 0 aliphatic carbocycles. The zero-order chi connectivity index (χ0) is 14.5. The van der Waals surface area contributed by atoms with E-state index in [9.17, 15) is 10.1 Å². The molecule has 0 saturated heterocycles. The quantitative estimate of drug-likeness (QED) is 0.614. The second-order valence-corrected chi connectivity index (χ2v) is 4.48. The molecule has 0 spiro atoms. The summed E-state index contributed by atoms with van der Waals surface area (Å²) in [4.78, 5) is 14.7. The largest absolute Gasteiger partial charge is 0.487 e. The zero-order valence-corrected chi connectivity index (χ0v) is 11.5. The van der Waals surface area contributed by atoms with Crippen LogP contribution in [0.1, 0.15) is 18.9 Å². The van der Waals surface area contributed by atoms with Gasteiger partial charge in [0, 0.05) is 18.5 Å². The molecule has 0 aliphatic heterocycles. The Labute approximate surface area is 117 Å². The lowest BCUT2D eigenvalue weighted by molar-refractivity contribution is -0.385. The van der Waals surface area contributed by atoms with Gasteiger partial charge < -0.3 is 4.74 Å². The Bertz CT molecular complexity index is 612. The van der Waals surface area contributed by atoms with Crippen LogP contribution in [0.25, 0.3) is 11.1 Å². The second-order valence-electron chi connectivity index (χ2n) is 4.48. The molecule has 5 heteroatoms. The third kappa shape index (κ3) is 2.93. The Balaban J connectivity index is 2.51. The van der Waals surface area contributed by atoms with Crippen molar-refractivity contribution in [1.29, 1.82) is 0 Å². The van der Waals surface area contributed by atoms with Crippen molar-refractivity contribution in [3.05, 3.63) is 52.3 Å². The maximum Gasteiger partial charge on any atom is 0.311 e. The number of aromatic nitrogens is 1. The third-order valence-electron chi connectivity index (χ3n) is 2.96. The van der Waals surface area contributed by atoms with E-state index in [0.717, 1.165) is 23.1 Å². The number of benzene rings is 1. The molecule has 0 atom stereocenters. The molecule has 5 nitrogen and oxygen atoms in total. The maximum atomic E-state index is 11.1. The van der Waals surface area contributed by atoms with E-state index in [1.807, 2.05) is 26.0 Å². The molecule has 0 amide bonds. The van der Waals surface area contributed by atoms with E-state index < -0.39 is 4.92 Å². The van der Waals surface area contributed by atoms with Crippen molar-refractivity contribution in [2.45, 2.75) is 20.3 Å². The molecule has 0 N–H and O–H groups in total. The average Bonchev–Trinajstić information content (AvgIpc) is 2.46. The lowest BCUT2D eigenvalue weighted by Crippen LogP contribution is -2.01. The fourth-order valence-corrected chi connectivity index (χ4v) is 1.99. The molecule has 20 heavy (non-hydrogen) atoms. The molecule has 2 aromatic rings. The summed E-state index contributed by atoms with van der Waals surface area (Å²) in [7, 11) is 0. The van der Waals surface area contributed by atoms with E-state index in [0.29, 0.717) is 12.4 Å². The SMILES string of the molecule is CCCOc1cc(-c2ccncc2)c(C)cc1[N+](=O)[O-]. The number of pyridine rings is 1. The second kappa shape index (κ2) is 6.14. The van der Waals surface area contributed by atoms with Crippen LogP contribution in [0.2, 0.25) is 0 Å². The van der Waals surface area contributed by atoms with Gasteiger partial charge in [-0.1, -0.05) is 6.92 Å². The predicted molar refractivity (Wildman–Crippen MR) is 76.9 cm³/mol. The molecule has 1 heterocycles. The first-order chi connectivity index (χ1) is 9.63. The molecule has 2 rings (SSSR count). The number of nitro groups is 1. The van der Waals surface area contributed by atoms with Crippen LogP contribution >= 0.6 is 0 Å². The highest BCUT2D eigenvalue weighted by Crippen LogP contribution is 2.35. The maximum absolute atomic E-state index is 11.1. The molecule has 0 bridgehead atoms. The summed E-state index contributed by atoms with van der Waals surface area (Å²) in [6, 6.07) is 7.04. The number of nitro benzene ring substituents is 1. The minimum Gasteiger partial charge on any atom is -0.487 e. The average molecular weight is 272 g/mol. The fraction of sp³-hybridized carbons (Fsp3) is 0.267. The monoisotopic (exact) mass is 272 g/mol. The van der Waals surface area contributed by atoms with Crippen LogP contribution in [0.4, 0.5) is 5.69 Å². The molecular weight excluding hydrogens is 256 g/mol. The van der Waals surface area contributed by atoms with Gasteiger partial charge >= 0.3 is 5.69 Å². The number of ether oxygens (including phenoxy) is 1. The lowest BCUT2D eigenvalue weighted by Gasteiger charge is -2.11. The van der Waals surface area contributed by atoms with Crippen molar-refractivity contribution in [2.75, 3.05) is 6.61 Å². The van der Waals surface area contributed by atoms with Gasteiger partial charge in [-0.25, -0.2) is 0 Å². The summed E-state index contributed by atoms with van der Waals surface area (Å²) in [5.41, 5.74) is 2.73. The topological polar surface area (TPSA) is 65.3 Å². The minimum atomic E-state index is -0.408. The van der Waals surface area contributed by atoms with E-state index in [2.05, 4.69) is 4.98 Å². The third-order valence-corrected chi connectivity index (χ3v) is 2.96. The first-order valence-electron chi connectivity index (χ1n) is 6.45. The van der Waals surface area contributed by atoms with Gasteiger partial charge in [0.1, 0.15) is 0 Å². The van der Waals surface area contributed by atoms with Crippen LogP contribution in [0.5, 0.6) is 5.75 Å². The summed E-state index contributed by atoms with van der Waals surface area (Å²) >= 11 is 0. The summed E-state index contributed by atoms with van der Waals surface area (Å²) in [5.74, 6) is 0.314. The van der Waals surface area contributed by atoms with Gasteiger partial charge in [0.05, 0.1) is 11.5 Å². The predicted octanol–water partition coefficient (Wildman–Crippen LogP) is 3.75. The standard InChI is InChI=1S/C15H16N2O3/c1-3-8-20-15-10-13(12-4-6-16-7-5-12)11(2)9-14(15)17(18)19/h4-7,9-10H,3,8H2,1-2H3. The van der Waals surface area contributed by atoms with Gasteiger partial charge in [0.2, 0.25) is 0 Å². The van der Waals surface area contributed by atoms with E-state index >= 15 is 0 Å². The van der Waals surface area contributed by atoms with Gasteiger partial charge in [0.15, 0.2) is 5.75 Å². The lowest BCUT2D eigenvalue weighted by atomic mass is 10.0. The molecule has 1 aromatic heterocycles. The smallest absolute Gasteiger partial charge is 0.311 e. The molecular formula is C15H16N2O3. The molecule has 0 saturated carbocycles. The molecule has 0 aliphatic rings. The van der Waals surface area contributed by atoms with E-state index in [-0.39, 0.29) is 5.69 Å². The fourth-order valence-electron chi connectivity index (χ4n) is 1.99. The van der Waals surface area contributed by atoms with E-state index in [1.54, 1.807) is 24.5 Å². The van der Waals surface area contributed by atoms with Crippen LogP contribution in [-0.4, -0.2) is 16.5 Å². The number of rotatable bonds is 5. The highest BCUT2D eigenvalue weighted by Gasteiger charge is 2.18. The minimum absolute atomic E-state index is 0.00811. The van der Waals surface area contributed by atoms with Crippen molar-refractivity contribution < 1.29 is 9.66 Å². The highest BCUT2D eigenvalue weighted by molar-refractivity contribution is 5.71. The van der Waals surface area contributed by atoms with Gasteiger partial charge in [-0.2, -0.15) is 0 Å². The van der Waals surface area contributed by atoms with Gasteiger partial charge in [0.25, 0.3) is 0 Å². The van der Waals surface area contributed by atoms with Crippen molar-refractivity contribution in [3.63, 3.8) is 0 Å². The van der Waals surface area contributed by atoms with Crippen LogP contribution in [0.3, 0.4) is 0 Å². The van der Waals surface area contributed by atoms with Crippen molar-refractivity contribution in [2.24, 2.45) is 0 Å². The highest BCUT2D eigenvalue weighted by atomic mass is 16.6. The van der Waals surface area contributed by atoms with Crippen molar-refractivity contribution in [3.8, 4) is 16.9 Å². The van der Waals surface area contributed by atoms with Crippen LogP contribution < -0.4 is 4.74 Å². The molecule has 0 radical (unpaired) electrons. The number of nitrogens with zero attached hydrogens (tertiary/aromatic N) is 2. The first-order valence-corrected chi connectivity index (χ1v) is 6.45. The van der Waals surface area contributed by atoms with Gasteiger partial charge in [-0.3, -0.25) is 15.1 Å². The van der Waals surface area contributed by atoms with Crippen LogP contribution in [0, 0.1) is 17.0 Å². The number of hydrogen-bond acceptors (Lipinski definition) is 4. The Morgan fingerprint density at radius 1 is 1.30 bits per heavy atom. The zero-order valence-electron chi connectivity index (χ0n) is 11.5. The van der Waals surface area contributed by atoms with Gasteiger partial charge in [-0.05, 0) is 48.2 Å². The summed E-state index contributed by atoms with van der Waals surface area (Å²) in [6.07, 6.45) is 4.20. The first kappa shape index (κ1) is 14.0. The summed E-state index contributed by atoms with van der Waals surface area (Å²) in [6.45, 7) is 4.27. The number of hydrogen-bond donors (Lipinski definition) is 0. The Hall–Kier alpha value is -2.43. The number of aryl methyl sites for hydroxylation is 1. The summed E-state index contributed by atoms with van der Waals surface area (Å²) in [5, 5.41) is 11.1. The Morgan fingerprint density at radius 2 is 2.00 bits per heavy atom. The van der Waals surface area contributed by atoms with E-state index in [1.165, 1.54) is 0 Å².